The van der Waals surface area contributed by atoms with Crippen LogP contribution in [0.25, 0.3) is 22.3 Å². The van der Waals surface area contributed by atoms with Crippen LogP contribution < -0.4 is 10.5 Å². The minimum Gasteiger partial charge on any atom is -0.457 e. The van der Waals surface area contributed by atoms with Crippen molar-refractivity contribution in [3.8, 4) is 11.4 Å². The van der Waals surface area contributed by atoms with Crippen LogP contribution in [-0.2, 0) is 37.8 Å². The van der Waals surface area contributed by atoms with Crippen LogP contribution in [0.3, 0.4) is 0 Å². The number of carbonyl (C=O) groups is 2. The van der Waals surface area contributed by atoms with Crippen LogP contribution in [0.4, 0.5) is 11.4 Å². The van der Waals surface area contributed by atoms with Crippen LogP contribution in [-0.4, -0.2) is 34.4 Å². The Kier molecular flexibility index (Phi) is 5.28. The first-order valence-corrected chi connectivity index (χ1v) is 12.9. The lowest BCUT2D eigenvalue weighted by atomic mass is 9.85. The number of aromatic nitrogens is 2. The van der Waals surface area contributed by atoms with Gasteiger partial charge in [-0.3, -0.25) is 9.59 Å². The van der Waals surface area contributed by atoms with Gasteiger partial charge in [0.25, 0.3) is 5.56 Å². The number of hydrogen-bond donors (Lipinski definition) is 0. The van der Waals surface area contributed by atoms with Crippen molar-refractivity contribution in [2.75, 3.05) is 11.4 Å². The van der Waals surface area contributed by atoms with E-state index >= 15 is 0 Å². The van der Waals surface area contributed by atoms with Gasteiger partial charge in [0.2, 0.25) is 5.60 Å². The molecule has 0 saturated heterocycles. The maximum atomic E-state index is 13.8. The average Bonchev–Trinajstić information content (AvgIpc) is 3.23. The van der Waals surface area contributed by atoms with Gasteiger partial charge in [0, 0.05) is 24.6 Å². The molecule has 5 heterocycles. The van der Waals surface area contributed by atoms with E-state index in [-0.39, 0.29) is 24.0 Å². The Labute approximate surface area is 220 Å². The topological polar surface area (TPSA) is 103 Å². The van der Waals surface area contributed by atoms with Gasteiger partial charge in [-0.1, -0.05) is 33.8 Å². The summed E-state index contributed by atoms with van der Waals surface area (Å²) in [6, 6.07) is 7.65. The highest BCUT2D eigenvalue weighted by atomic mass is 16.6. The fraction of sp³-hybridized carbons (Fsp3) is 0.414. The number of nitrogens with zero attached hydrogens (tertiary/aromatic N) is 4. The highest BCUT2D eigenvalue weighted by Crippen LogP contribution is 2.47. The molecular formula is C29H30N4O5. The number of ether oxygens (including phenoxy) is 2. The molecule has 3 aliphatic rings. The minimum absolute atomic E-state index is 0.131. The number of fused-ring (bicyclic) bond motifs is 5. The van der Waals surface area contributed by atoms with Crippen molar-refractivity contribution >= 4 is 40.6 Å². The van der Waals surface area contributed by atoms with Gasteiger partial charge in [0.05, 0.1) is 52.1 Å². The van der Waals surface area contributed by atoms with Gasteiger partial charge in [-0.25, -0.2) is 14.8 Å². The summed E-state index contributed by atoms with van der Waals surface area (Å²) in [5.74, 6) is -1.28. The van der Waals surface area contributed by atoms with Crippen LogP contribution in [0, 0.1) is 5.41 Å². The lowest BCUT2D eigenvalue weighted by molar-refractivity contribution is -0.188. The number of rotatable bonds is 4. The molecular weight excluding hydrogens is 484 g/mol. The minimum atomic E-state index is -1.67. The van der Waals surface area contributed by atoms with E-state index < -0.39 is 17.5 Å². The van der Waals surface area contributed by atoms with Gasteiger partial charge < -0.3 is 18.9 Å². The fourth-order valence-electron chi connectivity index (χ4n) is 5.73. The Balaban J connectivity index is 1.59. The Morgan fingerprint density at radius 2 is 2.00 bits per heavy atom. The second-order valence-corrected chi connectivity index (χ2v) is 11.4. The van der Waals surface area contributed by atoms with Crippen molar-refractivity contribution < 1.29 is 19.1 Å². The maximum Gasteiger partial charge on any atom is 0.355 e. The van der Waals surface area contributed by atoms with Crippen LogP contribution in [0.2, 0.25) is 0 Å². The summed E-state index contributed by atoms with van der Waals surface area (Å²) in [4.78, 5) is 50.7. The predicted octanol–water partition coefficient (Wildman–Crippen LogP) is 4.57. The number of aliphatic imine (C=N–C) groups is 1. The monoisotopic (exact) mass is 514 g/mol. The average molecular weight is 515 g/mol. The number of pyridine rings is 2. The third-order valence-corrected chi connectivity index (χ3v) is 7.67. The summed E-state index contributed by atoms with van der Waals surface area (Å²) in [6.07, 6.45) is 2.96. The van der Waals surface area contributed by atoms with E-state index in [0.29, 0.717) is 29.1 Å². The number of cyclic esters (lactones) is 1. The van der Waals surface area contributed by atoms with Crippen LogP contribution in [0.5, 0.6) is 0 Å². The molecule has 6 rings (SSSR count). The zero-order valence-corrected chi connectivity index (χ0v) is 22.3. The summed E-state index contributed by atoms with van der Waals surface area (Å²) in [5, 5.41) is 0.967. The normalized spacial score (nSPS) is 19.2. The van der Waals surface area contributed by atoms with Crippen molar-refractivity contribution in [1.82, 2.24) is 9.55 Å². The van der Waals surface area contributed by atoms with E-state index in [1.165, 1.54) is 6.92 Å². The number of esters is 2. The molecule has 0 amide bonds. The largest absolute Gasteiger partial charge is 0.457 e. The van der Waals surface area contributed by atoms with Gasteiger partial charge in [-0.05, 0) is 36.5 Å². The van der Waals surface area contributed by atoms with Gasteiger partial charge in [0.1, 0.15) is 6.61 Å². The molecule has 2 aromatic heterocycles. The van der Waals surface area contributed by atoms with E-state index in [0.717, 1.165) is 40.8 Å². The van der Waals surface area contributed by atoms with E-state index in [4.69, 9.17) is 19.5 Å². The predicted molar refractivity (Wildman–Crippen MR) is 144 cm³/mol. The molecule has 0 unspecified atom stereocenters. The molecule has 38 heavy (non-hydrogen) atoms. The fourth-order valence-corrected chi connectivity index (χ4v) is 5.73. The molecule has 3 aromatic rings. The van der Waals surface area contributed by atoms with Crippen LogP contribution in [0.15, 0.2) is 34.1 Å². The third kappa shape index (κ3) is 3.48. The molecule has 196 valence electrons. The van der Waals surface area contributed by atoms with Gasteiger partial charge >= 0.3 is 11.9 Å². The van der Waals surface area contributed by atoms with E-state index in [2.05, 4.69) is 25.7 Å². The van der Waals surface area contributed by atoms with Crippen molar-refractivity contribution in [2.24, 2.45) is 10.4 Å². The Bertz CT molecular complexity index is 1630. The Morgan fingerprint density at radius 1 is 1.21 bits per heavy atom. The summed E-state index contributed by atoms with van der Waals surface area (Å²) in [6.45, 7) is 10.6. The first kappa shape index (κ1) is 24.3. The van der Waals surface area contributed by atoms with E-state index in [1.54, 1.807) is 17.6 Å². The second-order valence-electron chi connectivity index (χ2n) is 11.4. The maximum absolute atomic E-state index is 13.8. The van der Waals surface area contributed by atoms with Gasteiger partial charge in [-0.2, -0.15) is 0 Å². The van der Waals surface area contributed by atoms with Crippen molar-refractivity contribution in [1.29, 1.82) is 0 Å². The molecule has 0 spiro atoms. The molecule has 0 bridgehead atoms. The first-order chi connectivity index (χ1) is 18.0. The quantitative estimate of drug-likeness (QED) is 0.368. The smallest absolute Gasteiger partial charge is 0.355 e. The lowest BCUT2D eigenvalue weighted by Gasteiger charge is -2.35. The van der Waals surface area contributed by atoms with Crippen molar-refractivity contribution in [3.63, 3.8) is 0 Å². The van der Waals surface area contributed by atoms with Crippen molar-refractivity contribution in [2.45, 2.75) is 66.2 Å². The molecule has 0 fully saturated rings. The lowest BCUT2D eigenvalue weighted by Crippen LogP contribution is -2.47. The summed E-state index contributed by atoms with van der Waals surface area (Å²) >= 11 is 0. The zero-order chi connectivity index (χ0) is 27.0. The second kappa shape index (κ2) is 8.24. The standard InChI is InChI=1S/C29H30N4O5/c1-6-29(38-16(2)34)19-12-22-24-17(13-33(22)26(35)18(19)14-37-27(29)36)25-23-20(8-7-9-21(23)31-24)30-15-32(25)11-10-28(3,4)5/h7-9,12,15H,6,10-11,13-14H2,1-5H3/t29-/m0/s1. The number of carbonyl (C=O) groups excluding carboxylic acids is 2. The summed E-state index contributed by atoms with van der Waals surface area (Å²) in [7, 11) is 0. The zero-order valence-electron chi connectivity index (χ0n) is 22.3. The molecule has 0 N–H and O–H groups in total. The first-order valence-electron chi connectivity index (χ1n) is 12.9. The third-order valence-electron chi connectivity index (χ3n) is 7.67. The Hall–Kier alpha value is -4.01. The van der Waals surface area contributed by atoms with E-state index in [9.17, 15) is 14.4 Å². The highest BCUT2D eigenvalue weighted by molar-refractivity contribution is 6.11. The molecule has 1 atom stereocenters. The molecule has 9 nitrogen and oxygen atoms in total. The summed E-state index contributed by atoms with van der Waals surface area (Å²) < 4.78 is 12.6. The van der Waals surface area contributed by atoms with Gasteiger partial charge in [-0.15, -0.1) is 0 Å². The number of anilines is 1. The molecule has 1 aromatic carbocycles. The molecule has 0 radical (unpaired) electrons. The molecule has 0 saturated carbocycles. The van der Waals surface area contributed by atoms with Crippen LogP contribution in [0.1, 0.15) is 64.2 Å². The van der Waals surface area contributed by atoms with Crippen molar-refractivity contribution in [3.05, 3.63) is 51.3 Å². The SMILES string of the molecule is CC[C@@]1(OC(C)=O)C(=O)OCc2c1cc1n(c2=O)Cc2c-1nc1cccc3c1c2N(CCC(C)(C)C)C=N3. The highest BCUT2D eigenvalue weighted by Gasteiger charge is 2.50. The number of benzene rings is 1. The van der Waals surface area contributed by atoms with E-state index in [1.807, 2.05) is 24.5 Å². The number of hydrogen-bond acceptors (Lipinski definition) is 8. The summed E-state index contributed by atoms with van der Waals surface area (Å²) in [5.41, 5.74) is 3.77. The molecule has 3 aliphatic heterocycles. The van der Waals surface area contributed by atoms with Crippen LogP contribution >= 0.6 is 0 Å². The molecule has 0 aliphatic carbocycles. The molecule has 9 heteroatoms. The Morgan fingerprint density at radius 3 is 2.71 bits per heavy atom. The van der Waals surface area contributed by atoms with Gasteiger partial charge in [0.15, 0.2) is 0 Å².